The van der Waals surface area contributed by atoms with Gasteiger partial charge < -0.3 is 20.9 Å². The number of ether oxygens (including phenoxy) is 2. The number of hydrogen-bond acceptors (Lipinski definition) is 4. The number of rotatable bonds is 5. The number of guanidine groups is 1. The van der Waals surface area contributed by atoms with E-state index < -0.39 is 0 Å². The Balaban J connectivity index is 2.82. The van der Waals surface area contributed by atoms with Gasteiger partial charge in [-0.25, -0.2) is 0 Å². The van der Waals surface area contributed by atoms with Crippen LogP contribution in [0.5, 0.6) is 11.5 Å². The third-order valence-corrected chi connectivity index (χ3v) is 2.15. The first kappa shape index (κ1) is 13.0. The Morgan fingerprint density at radius 3 is 2.41 bits per heavy atom. The van der Waals surface area contributed by atoms with Crippen LogP contribution in [0.15, 0.2) is 23.3 Å². The maximum absolute atomic E-state index is 5.29. The minimum absolute atomic E-state index is 0.0352. The van der Waals surface area contributed by atoms with E-state index in [1.54, 1.807) is 26.3 Å². The van der Waals surface area contributed by atoms with E-state index in [1.165, 1.54) is 0 Å². The third-order valence-electron chi connectivity index (χ3n) is 2.15. The molecule has 0 fully saturated rings. The van der Waals surface area contributed by atoms with Crippen LogP contribution in [0.4, 0.5) is 0 Å². The van der Waals surface area contributed by atoms with Crippen molar-refractivity contribution in [1.82, 2.24) is 5.01 Å². The van der Waals surface area contributed by atoms with Crippen LogP contribution in [0, 0.1) is 0 Å². The number of nitrogens with zero attached hydrogens (tertiary/aromatic N) is 2. The number of hydrazone groups is 1. The molecule has 1 aromatic rings. The number of hydrogen-bond donors (Lipinski definition) is 2. The van der Waals surface area contributed by atoms with Gasteiger partial charge in [0.1, 0.15) is 0 Å². The molecule has 6 nitrogen and oxygen atoms in total. The summed E-state index contributed by atoms with van der Waals surface area (Å²) >= 11 is 0. The highest BCUT2D eigenvalue weighted by Crippen LogP contribution is 2.27. The predicted molar refractivity (Wildman–Crippen MR) is 66.8 cm³/mol. The summed E-state index contributed by atoms with van der Waals surface area (Å²) in [5.41, 5.74) is 11.6. The predicted octanol–water partition coefficient (Wildman–Crippen LogP) is 0.324. The smallest absolute Gasteiger partial charge is 0.208 e. The standard InChI is InChI=1S/C11H18N4O2/c1-15(14-11(12)13)7-8-4-5-9(16-2)10(6-8)17-3/h4-6H,7H2,1-3H3,(H4,12,13,14). The molecule has 0 amide bonds. The molecule has 0 aromatic heterocycles. The van der Waals surface area contributed by atoms with Crippen LogP contribution in [0.25, 0.3) is 0 Å². The molecule has 0 saturated heterocycles. The average Bonchev–Trinajstić information content (AvgIpc) is 2.27. The van der Waals surface area contributed by atoms with E-state index in [4.69, 9.17) is 20.9 Å². The van der Waals surface area contributed by atoms with Crippen LogP contribution in [0.1, 0.15) is 5.56 Å². The van der Waals surface area contributed by atoms with E-state index >= 15 is 0 Å². The van der Waals surface area contributed by atoms with Gasteiger partial charge in [0.2, 0.25) is 5.96 Å². The zero-order valence-electron chi connectivity index (χ0n) is 10.3. The quantitative estimate of drug-likeness (QED) is 0.438. The van der Waals surface area contributed by atoms with E-state index in [0.29, 0.717) is 18.0 Å². The van der Waals surface area contributed by atoms with Crippen molar-refractivity contribution in [2.45, 2.75) is 6.54 Å². The fourth-order valence-corrected chi connectivity index (χ4v) is 1.48. The van der Waals surface area contributed by atoms with Crippen molar-refractivity contribution in [3.8, 4) is 11.5 Å². The van der Waals surface area contributed by atoms with Crippen molar-refractivity contribution in [2.75, 3.05) is 21.3 Å². The van der Waals surface area contributed by atoms with Crippen LogP contribution in [0.2, 0.25) is 0 Å². The Hall–Kier alpha value is -2.11. The van der Waals surface area contributed by atoms with Crippen molar-refractivity contribution in [2.24, 2.45) is 16.6 Å². The highest BCUT2D eigenvalue weighted by atomic mass is 16.5. The lowest BCUT2D eigenvalue weighted by Gasteiger charge is -2.14. The molecule has 4 N–H and O–H groups in total. The van der Waals surface area contributed by atoms with E-state index in [1.807, 2.05) is 18.2 Å². The summed E-state index contributed by atoms with van der Waals surface area (Å²) in [4.78, 5) is 0. The SMILES string of the molecule is COc1ccc(CN(C)N=C(N)N)cc1OC. The molecule has 6 heteroatoms. The molecule has 0 spiro atoms. The zero-order chi connectivity index (χ0) is 12.8. The van der Waals surface area contributed by atoms with Gasteiger partial charge in [-0.05, 0) is 17.7 Å². The van der Waals surface area contributed by atoms with Gasteiger partial charge in [0.05, 0.1) is 20.8 Å². The molecule has 1 aromatic carbocycles. The minimum Gasteiger partial charge on any atom is -0.493 e. The lowest BCUT2D eigenvalue weighted by atomic mass is 10.2. The van der Waals surface area contributed by atoms with E-state index in [2.05, 4.69) is 5.10 Å². The van der Waals surface area contributed by atoms with Crippen LogP contribution in [-0.2, 0) is 6.54 Å². The Labute approximate surface area is 101 Å². The fraction of sp³-hybridized carbons (Fsp3) is 0.364. The van der Waals surface area contributed by atoms with Gasteiger partial charge in [-0.2, -0.15) is 0 Å². The Kier molecular flexibility index (Phi) is 4.45. The molecule has 17 heavy (non-hydrogen) atoms. The van der Waals surface area contributed by atoms with Gasteiger partial charge >= 0.3 is 0 Å². The van der Waals surface area contributed by atoms with Crippen LogP contribution in [0.3, 0.4) is 0 Å². The Morgan fingerprint density at radius 1 is 1.24 bits per heavy atom. The van der Waals surface area contributed by atoms with Crippen molar-refractivity contribution in [3.63, 3.8) is 0 Å². The lowest BCUT2D eigenvalue weighted by molar-refractivity contribution is 0.338. The highest BCUT2D eigenvalue weighted by molar-refractivity contribution is 5.75. The van der Waals surface area contributed by atoms with E-state index in [0.717, 1.165) is 5.56 Å². The van der Waals surface area contributed by atoms with Gasteiger partial charge in [-0.15, -0.1) is 5.10 Å². The second-order valence-electron chi connectivity index (χ2n) is 3.53. The molecule has 0 unspecified atom stereocenters. The average molecular weight is 238 g/mol. The molecular weight excluding hydrogens is 220 g/mol. The van der Waals surface area contributed by atoms with Crippen LogP contribution in [-0.4, -0.2) is 32.2 Å². The summed E-state index contributed by atoms with van der Waals surface area (Å²) in [5, 5.41) is 5.55. The topological polar surface area (TPSA) is 86.1 Å². The molecule has 0 radical (unpaired) electrons. The largest absolute Gasteiger partial charge is 0.493 e. The summed E-state index contributed by atoms with van der Waals surface area (Å²) < 4.78 is 10.4. The molecule has 1 rings (SSSR count). The molecular formula is C11H18N4O2. The van der Waals surface area contributed by atoms with Gasteiger partial charge in [0.15, 0.2) is 11.5 Å². The summed E-state index contributed by atoms with van der Waals surface area (Å²) in [5.74, 6) is 1.41. The first-order valence-corrected chi connectivity index (χ1v) is 5.08. The maximum Gasteiger partial charge on any atom is 0.208 e. The van der Waals surface area contributed by atoms with E-state index in [-0.39, 0.29) is 5.96 Å². The summed E-state index contributed by atoms with van der Waals surface area (Å²) in [6.07, 6.45) is 0. The van der Waals surface area contributed by atoms with Crippen LogP contribution >= 0.6 is 0 Å². The number of nitrogens with two attached hydrogens (primary N) is 2. The van der Waals surface area contributed by atoms with Crippen molar-refractivity contribution >= 4 is 5.96 Å². The molecule has 0 aliphatic heterocycles. The molecule has 0 aliphatic rings. The number of methoxy groups -OCH3 is 2. The lowest BCUT2D eigenvalue weighted by Crippen LogP contribution is -2.27. The van der Waals surface area contributed by atoms with Crippen molar-refractivity contribution in [1.29, 1.82) is 0 Å². The Bertz CT molecular complexity index is 402. The molecule has 0 saturated carbocycles. The normalized spacial score (nSPS) is 9.59. The number of benzene rings is 1. The second kappa shape index (κ2) is 5.83. The van der Waals surface area contributed by atoms with Gasteiger partial charge in [-0.3, -0.25) is 5.01 Å². The zero-order valence-corrected chi connectivity index (χ0v) is 10.3. The fourth-order valence-electron chi connectivity index (χ4n) is 1.48. The highest BCUT2D eigenvalue weighted by Gasteiger charge is 2.05. The minimum atomic E-state index is 0.0352. The second-order valence-corrected chi connectivity index (χ2v) is 3.53. The first-order chi connectivity index (χ1) is 8.06. The van der Waals surface area contributed by atoms with E-state index in [9.17, 15) is 0 Å². The monoisotopic (exact) mass is 238 g/mol. The van der Waals surface area contributed by atoms with Gasteiger partial charge in [0, 0.05) is 7.05 Å². The summed E-state index contributed by atoms with van der Waals surface area (Å²) in [6.45, 7) is 0.582. The van der Waals surface area contributed by atoms with Crippen molar-refractivity contribution < 1.29 is 9.47 Å². The summed E-state index contributed by atoms with van der Waals surface area (Å²) in [6, 6.07) is 5.66. The molecule has 0 aliphatic carbocycles. The molecule has 0 heterocycles. The third kappa shape index (κ3) is 3.75. The Morgan fingerprint density at radius 2 is 1.88 bits per heavy atom. The van der Waals surface area contributed by atoms with Gasteiger partial charge in [-0.1, -0.05) is 6.07 Å². The summed E-state index contributed by atoms with van der Waals surface area (Å²) in [7, 11) is 4.99. The molecule has 94 valence electrons. The molecule has 0 bridgehead atoms. The first-order valence-electron chi connectivity index (χ1n) is 5.08. The van der Waals surface area contributed by atoms with Crippen molar-refractivity contribution in [3.05, 3.63) is 23.8 Å². The van der Waals surface area contributed by atoms with Crippen LogP contribution < -0.4 is 20.9 Å². The maximum atomic E-state index is 5.29. The van der Waals surface area contributed by atoms with Gasteiger partial charge in [0.25, 0.3) is 0 Å². The molecule has 0 atom stereocenters.